The van der Waals surface area contributed by atoms with E-state index in [1.165, 1.54) is 6.07 Å². The summed E-state index contributed by atoms with van der Waals surface area (Å²) in [4.78, 5) is 14.7. The molecule has 6 nitrogen and oxygen atoms in total. The molecule has 0 aliphatic heterocycles. The number of carbonyl (C=O) groups is 1. The van der Waals surface area contributed by atoms with Crippen LogP contribution >= 0.6 is 0 Å². The number of nitrogens with zero attached hydrogens (tertiary/aromatic N) is 2. The van der Waals surface area contributed by atoms with Crippen LogP contribution in [0.2, 0.25) is 0 Å². The number of nitrogen functional groups attached to an aromatic ring is 1. The van der Waals surface area contributed by atoms with Crippen molar-refractivity contribution in [3.8, 4) is 11.8 Å². The maximum atomic E-state index is 12.1. The summed E-state index contributed by atoms with van der Waals surface area (Å²) in [6, 6.07) is 2.14. The fourth-order valence-corrected chi connectivity index (χ4v) is 1.11. The highest BCUT2D eigenvalue weighted by atomic mass is 19.4. The summed E-state index contributed by atoms with van der Waals surface area (Å²) in [5, 5.41) is 8.55. The van der Waals surface area contributed by atoms with Gasteiger partial charge in [0, 0.05) is 6.07 Å². The first kappa shape index (κ1) is 13.6. The standard InChI is InChI=1S/C9H6F3N3O3/c1-17-8(16)6-5(18-9(10,11)12)2-4(3-13)15-7(6)14/h2H,1H3,(H2,14,15). The molecule has 0 unspecified atom stereocenters. The van der Waals surface area contributed by atoms with Gasteiger partial charge in [-0.05, 0) is 0 Å². The van der Waals surface area contributed by atoms with Crippen LogP contribution in [0.3, 0.4) is 0 Å². The fraction of sp³-hybridized carbons (Fsp3) is 0.222. The Morgan fingerprint density at radius 2 is 2.17 bits per heavy atom. The van der Waals surface area contributed by atoms with Crippen molar-refractivity contribution in [2.45, 2.75) is 6.36 Å². The van der Waals surface area contributed by atoms with Gasteiger partial charge in [0.1, 0.15) is 23.1 Å². The Kier molecular flexibility index (Phi) is 3.61. The van der Waals surface area contributed by atoms with Gasteiger partial charge in [0.05, 0.1) is 7.11 Å². The van der Waals surface area contributed by atoms with Gasteiger partial charge in [0.15, 0.2) is 5.75 Å². The van der Waals surface area contributed by atoms with Crippen LogP contribution in [0, 0.1) is 11.3 Å². The number of hydrogen-bond donors (Lipinski definition) is 1. The van der Waals surface area contributed by atoms with Crippen molar-refractivity contribution in [2.75, 3.05) is 12.8 Å². The number of esters is 1. The lowest BCUT2D eigenvalue weighted by molar-refractivity contribution is -0.274. The molecule has 18 heavy (non-hydrogen) atoms. The van der Waals surface area contributed by atoms with E-state index in [-0.39, 0.29) is 0 Å². The molecule has 0 saturated heterocycles. The first-order valence-electron chi connectivity index (χ1n) is 4.33. The van der Waals surface area contributed by atoms with Crippen molar-refractivity contribution in [2.24, 2.45) is 0 Å². The molecule has 1 aromatic heterocycles. The number of hydrogen-bond acceptors (Lipinski definition) is 6. The molecule has 0 atom stereocenters. The van der Waals surface area contributed by atoms with Crippen LogP contribution in [0.25, 0.3) is 0 Å². The molecule has 0 aliphatic carbocycles. The zero-order valence-corrected chi connectivity index (χ0v) is 8.91. The number of nitrogens with two attached hydrogens (primary N) is 1. The van der Waals surface area contributed by atoms with Crippen LogP contribution in [0.5, 0.6) is 5.75 Å². The van der Waals surface area contributed by atoms with Crippen molar-refractivity contribution in [3.63, 3.8) is 0 Å². The molecule has 1 heterocycles. The second-order valence-corrected chi connectivity index (χ2v) is 2.92. The summed E-state index contributed by atoms with van der Waals surface area (Å²) in [5.74, 6) is -2.66. The quantitative estimate of drug-likeness (QED) is 0.803. The summed E-state index contributed by atoms with van der Waals surface area (Å²) < 4.78 is 44.3. The largest absolute Gasteiger partial charge is 0.573 e. The molecule has 96 valence electrons. The maximum absolute atomic E-state index is 12.1. The average Bonchev–Trinajstić information content (AvgIpc) is 2.25. The van der Waals surface area contributed by atoms with Crippen LogP contribution < -0.4 is 10.5 Å². The summed E-state index contributed by atoms with van der Waals surface area (Å²) in [5.41, 5.74) is 4.18. The fourth-order valence-electron chi connectivity index (χ4n) is 1.11. The minimum absolute atomic E-state index is 0.417. The van der Waals surface area contributed by atoms with Crippen LogP contribution in [0.15, 0.2) is 6.07 Å². The number of rotatable bonds is 2. The van der Waals surface area contributed by atoms with Gasteiger partial charge in [-0.2, -0.15) is 5.26 Å². The summed E-state index contributed by atoms with van der Waals surface area (Å²) in [6.45, 7) is 0. The van der Waals surface area contributed by atoms with Gasteiger partial charge in [0.25, 0.3) is 0 Å². The van der Waals surface area contributed by atoms with E-state index in [0.717, 1.165) is 7.11 Å². The van der Waals surface area contributed by atoms with Crippen molar-refractivity contribution < 1.29 is 27.4 Å². The third-order valence-corrected chi connectivity index (χ3v) is 1.74. The topological polar surface area (TPSA) is 98.2 Å². The summed E-state index contributed by atoms with van der Waals surface area (Å²) in [7, 11) is 0.956. The SMILES string of the molecule is COC(=O)c1c(OC(F)(F)F)cc(C#N)nc1N. The lowest BCUT2D eigenvalue weighted by Gasteiger charge is -2.13. The van der Waals surface area contributed by atoms with Gasteiger partial charge in [-0.3, -0.25) is 0 Å². The first-order chi connectivity index (χ1) is 8.28. The number of pyridine rings is 1. The summed E-state index contributed by atoms with van der Waals surface area (Å²) >= 11 is 0. The van der Waals surface area contributed by atoms with Gasteiger partial charge < -0.3 is 15.2 Å². The molecular formula is C9H6F3N3O3. The molecule has 9 heteroatoms. The average molecular weight is 261 g/mol. The lowest BCUT2D eigenvalue weighted by Crippen LogP contribution is -2.20. The Morgan fingerprint density at radius 1 is 1.56 bits per heavy atom. The smallest absolute Gasteiger partial charge is 0.465 e. The third-order valence-electron chi connectivity index (χ3n) is 1.74. The monoisotopic (exact) mass is 261 g/mol. The molecule has 2 N–H and O–H groups in total. The van der Waals surface area contributed by atoms with Crippen LogP contribution in [-0.4, -0.2) is 24.4 Å². The Labute approximate surface area is 98.7 Å². The Morgan fingerprint density at radius 3 is 2.61 bits per heavy atom. The van der Waals surface area contributed by atoms with E-state index in [4.69, 9.17) is 11.0 Å². The second kappa shape index (κ2) is 4.79. The molecule has 0 spiro atoms. The molecule has 0 aliphatic rings. The van der Waals surface area contributed by atoms with E-state index in [1.54, 1.807) is 0 Å². The molecule has 0 aromatic carbocycles. The van der Waals surface area contributed by atoms with E-state index in [2.05, 4.69) is 14.5 Å². The van der Waals surface area contributed by atoms with E-state index < -0.39 is 35.2 Å². The van der Waals surface area contributed by atoms with Gasteiger partial charge in [0.2, 0.25) is 0 Å². The Balaban J connectivity index is 3.39. The van der Waals surface area contributed by atoms with E-state index in [0.29, 0.717) is 6.07 Å². The van der Waals surface area contributed by atoms with Gasteiger partial charge in [-0.1, -0.05) is 0 Å². The minimum Gasteiger partial charge on any atom is -0.465 e. The highest BCUT2D eigenvalue weighted by Gasteiger charge is 2.34. The molecule has 1 rings (SSSR count). The number of alkyl halides is 3. The van der Waals surface area contributed by atoms with Crippen LogP contribution in [-0.2, 0) is 4.74 Å². The second-order valence-electron chi connectivity index (χ2n) is 2.92. The maximum Gasteiger partial charge on any atom is 0.573 e. The van der Waals surface area contributed by atoms with Crippen molar-refractivity contribution in [1.29, 1.82) is 5.26 Å². The van der Waals surface area contributed by atoms with E-state index >= 15 is 0 Å². The van der Waals surface area contributed by atoms with Crippen molar-refractivity contribution in [3.05, 3.63) is 17.3 Å². The number of methoxy groups -OCH3 is 1. The minimum atomic E-state index is -5.04. The third kappa shape index (κ3) is 3.00. The molecule has 0 fully saturated rings. The van der Waals surface area contributed by atoms with Gasteiger partial charge in [-0.15, -0.1) is 13.2 Å². The summed E-state index contributed by atoms with van der Waals surface area (Å²) in [6.07, 6.45) is -5.04. The number of anilines is 1. The van der Waals surface area contributed by atoms with Crippen molar-refractivity contribution >= 4 is 11.8 Å². The van der Waals surface area contributed by atoms with Crippen molar-refractivity contribution in [1.82, 2.24) is 4.98 Å². The number of nitriles is 1. The number of carbonyl (C=O) groups excluding carboxylic acids is 1. The van der Waals surface area contributed by atoms with Crippen LogP contribution in [0.4, 0.5) is 19.0 Å². The number of aromatic nitrogens is 1. The highest BCUT2D eigenvalue weighted by molar-refractivity contribution is 5.97. The zero-order valence-electron chi connectivity index (χ0n) is 8.91. The molecule has 0 saturated carbocycles. The zero-order chi connectivity index (χ0) is 13.9. The van der Waals surface area contributed by atoms with E-state index in [9.17, 15) is 18.0 Å². The lowest BCUT2D eigenvalue weighted by atomic mass is 10.2. The number of ether oxygens (including phenoxy) is 2. The van der Waals surface area contributed by atoms with Crippen LogP contribution in [0.1, 0.15) is 16.1 Å². The molecule has 1 aromatic rings. The molecule has 0 bridgehead atoms. The first-order valence-corrected chi connectivity index (χ1v) is 4.33. The number of halogens is 3. The van der Waals surface area contributed by atoms with Gasteiger partial charge in [-0.25, -0.2) is 9.78 Å². The van der Waals surface area contributed by atoms with E-state index in [1.807, 2.05) is 0 Å². The normalized spacial score (nSPS) is 10.6. The molecule has 0 radical (unpaired) electrons. The Hall–Kier alpha value is -2.50. The predicted octanol–water partition coefficient (Wildman–Crippen LogP) is 1.22. The predicted molar refractivity (Wildman–Crippen MR) is 51.4 cm³/mol. The molecular weight excluding hydrogens is 255 g/mol. The van der Waals surface area contributed by atoms with Gasteiger partial charge >= 0.3 is 12.3 Å². The Bertz CT molecular complexity index is 522. The molecule has 0 amide bonds. The highest BCUT2D eigenvalue weighted by Crippen LogP contribution is 2.30.